The Kier molecular flexibility index (Phi) is 4.41. The summed E-state index contributed by atoms with van der Waals surface area (Å²) in [6, 6.07) is 15.2. The van der Waals surface area contributed by atoms with Gasteiger partial charge in [-0.25, -0.2) is 0 Å². The third kappa shape index (κ3) is 3.85. The van der Waals surface area contributed by atoms with Crippen LogP contribution in [0.3, 0.4) is 0 Å². The van der Waals surface area contributed by atoms with Crippen molar-refractivity contribution in [3.05, 3.63) is 54.1 Å². The van der Waals surface area contributed by atoms with Crippen molar-refractivity contribution < 1.29 is 9.53 Å². The van der Waals surface area contributed by atoms with Crippen LogP contribution in [0, 0.1) is 12.8 Å². The molecule has 2 aromatic carbocycles. The predicted octanol–water partition coefficient (Wildman–Crippen LogP) is 4.38. The van der Waals surface area contributed by atoms with Crippen LogP contribution in [0.15, 0.2) is 48.5 Å². The number of hydrogen-bond acceptors (Lipinski definition) is 2. The van der Waals surface area contributed by atoms with Gasteiger partial charge in [0.1, 0.15) is 11.5 Å². The summed E-state index contributed by atoms with van der Waals surface area (Å²) in [5, 5.41) is 2.86. The van der Waals surface area contributed by atoms with Gasteiger partial charge in [0.25, 0.3) is 0 Å². The van der Waals surface area contributed by atoms with Crippen molar-refractivity contribution in [2.24, 2.45) is 5.92 Å². The van der Waals surface area contributed by atoms with Crippen LogP contribution in [0.4, 0.5) is 5.69 Å². The van der Waals surface area contributed by atoms with Crippen LogP contribution in [0.25, 0.3) is 0 Å². The maximum absolute atomic E-state index is 11.7. The molecule has 0 saturated carbocycles. The van der Waals surface area contributed by atoms with E-state index in [1.165, 1.54) is 5.56 Å². The molecule has 0 aliphatic carbocycles. The summed E-state index contributed by atoms with van der Waals surface area (Å²) in [6.45, 7) is 5.76. The Labute approximate surface area is 119 Å². The van der Waals surface area contributed by atoms with Gasteiger partial charge in [-0.1, -0.05) is 37.6 Å². The predicted molar refractivity (Wildman–Crippen MR) is 81.2 cm³/mol. The molecule has 2 rings (SSSR count). The van der Waals surface area contributed by atoms with E-state index in [0.717, 1.165) is 11.4 Å². The van der Waals surface area contributed by atoms with Crippen molar-refractivity contribution in [3.63, 3.8) is 0 Å². The summed E-state index contributed by atoms with van der Waals surface area (Å²) in [7, 11) is 0. The van der Waals surface area contributed by atoms with Gasteiger partial charge < -0.3 is 10.1 Å². The van der Waals surface area contributed by atoms with E-state index in [-0.39, 0.29) is 11.8 Å². The zero-order valence-electron chi connectivity index (χ0n) is 12.0. The Bertz CT molecular complexity index is 588. The van der Waals surface area contributed by atoms with Gasteiger partial charge in [-0.15, -0.1) is 0 Å². The van der Waals surface area contributed by atoms with Gasteiger partial charge in [0, 0.05) is 17.7 Å². The molecule has 0 heterocycles. The van der Waals surface area contributed by atoms with Crippen molar-refractivity contribution in [1.29, 1.82) is 0 Å². The minimum absolute atomic E-state index is 0.00233. The zero-order chi connectivity index (χ0) is 14.5. The smallest absolute Gasteiger partial charge is 0.226 e. The molecule has 0 radical (unpaired) electrons. The zero-order valence-corrected chi connectivity index (χ0v) is 12.0. The molecule has 3 nitrogen and oxygen atoms in total. The van der Waals surface area contributed by atoms with Gasteiger partial charge in [0.05, 0.1) is 0 Å². The van der Waals surface area contributed by atoms with E-state index in [4.69, 9.17) is 4.74 Å². The fraction of sp³-hybridized carbons (Fsp3) is 0.235. The maximum atomic E-state index is 11.7. The van der Waals surface area contributed by atoms with Crippen LogP contribution in [-0.2, 0) is 4.79 Å². The average Bonchev–Trinajstić information content (AvgIpc) is 2.42. The Morgan fingerprint density at radius 2 is 1.75 bits per heavy atom. The van der Waals surface area contributed by atoms with Crippen LogP contribution in [0.1, 0.15) is 19.4 Å². The second-order valence-electron chi connectivity index (χ2n) is 5.09. The summed E-state index contributed by atoms with van der Waals surface area (Å²) < 4.78 is 5.76. The fourth-order valence-electron chi connectivity index (χ4n) is 1.67. The second-order valence-corrected chi connectivity index (χ2v) is 5.09. The number of benzene rings is 2. The fourth-order valence-corrected chi connectivity index (χ4v) is 1.67. The quantitative estimate of drug-likeness (QED) is 0.894. The van der Waals surface area contributed by atoms with Gasteiger partial charge in [-0.3, -0.25) is 4.79 Å². The minimum Gasteiger partial charge on any atom is -0.457 e. The minimum atomic E-state index is -0.0447. The van der Waals surface area contributed by atoms with E-state index >= 15 is 0 Å². The van der Waals surface area contributed by atoms with Crippen LogP contribution in [0.2, 0.25) is 0 Å². The number of carbonyl (C=O) groups is 1. The molecule has 0 aliphatic rings. The van der Waals surface area contributed by atoms with E-state index in [9.17, 15) is 4.79 Å². The monoisotopic (exact) mass is 269 g/mol. The highest BCUT2D eigenvalue weighted by atomic mass is 16.5. The molecule has 1 amide bonds. The molecule has 0 aromatic heterocycles. The van der Waals surface area contributed by atoms with Gasteiger partial charge in [0.2, 0.25) is 5.91 Å². The summed E-state index contributed by atoms with van der Waals surface area (Å²) in [4.78, 5) is 11.7. The highest BCUT2D eigenvalue weighted by molar-refractivity contribution is 5.92. The normalized spacial score (nSPS) is 10.4. The first-order valence-electron chi connectivity index (χ1n) is 6.70. The largest absolute Gasteiger partial charge is 0.457 e. The summed E-state index contributed by atoms with van der Waals surface area (Å²) in [5.74, 6) is 1.44. The van der Waals surface area contributed by atoms with Crippen molar-refractivity contribution in [3.8, 4) is 11.5 Å². The Balaban J connectivity index is 2.09. The van der Waals surface area contributed by atoms with E-state index < -0.39 is 0 Å². The molecule has 0 atom stereocenters. The number of ether oxygens (including phenoxy) is 1. The standard InChI is InChI=1S/C17H19NO2/c1-12(2)17(19)18-14-5-4-6-16(11-14)20-15-9-7-13(3)8-10-15/h4-12H,1-3H3,(H,18,19). The summed E-state index contributed by atoms with van der Waals surface area (Å²) >= 11 is 0. The molecule has 0 aliphatic heterocycles. The third-order valence-corrected chi connectivity index (χ3v) is 2.88. The van der Waals surface area contributed by atoms with E-state index in [1.54, 1.807) is 0 Å². The Morgan fingerprint density at radius 3 is 2.40 bits per heavy atom. The molecular weight excluding hydrogens is 250 g/mol. The maximum Gasteiger partial charge on any atom is 0.226 e. The highest BCUT2D eigenvalue weighted by Gasteiger charge is 2.07. The van der Waals surface area contributed by atoms with Gasteiger partial charge in [0.15, 0.2) is 0 Å². The molecule has 104 valence electrons. The van der Waals surface area contributed by atoms with Crippen LogP contribution in [-0.4, -0.2) is 5.91 Å². The van der Waals surface area contributed by atoms with Crippen LogP contribution in [0.5, 0.6) is 11.5 Å². The number of anilines is 1. The van der Waals surface area contributed by atoms with Crippen molar-refractivity contribution >= 4 is 11.6 Å². The first-order valence-corrected chi connectivity index (χ1v) is 6.70. The molecule has 0 fully saturated rings. The number of amides is 1. The number of hydrogen-bond donors (Lipinski definition) is 1. The van der Waals surface area contributed by atoms with Crippen molar-refractivity contribution in [2.75, 3.05) is 5.32 Å². The number of rotatable bonds is 4. The van der Waals surface area contributed by atoms with Crippen molar-refractivity contribution in [1.82, 2.24) is 0 Å². The first-order chi connectivity index (χ1) is 9.54. The number of carbonyl (C=O) groups excluding carboxylic acids is 1. The molecular formula is C17H19NO2. The molecule has 2 aromatic rings. The van der Waals surface area contributed by atoms with Crippen molar-refractivity contribution in [2.45, 2.75) is 20.8 Å². The summed E-state index contributed by atoms with van der Waals surface area (Å²) in [6.07, 6.45) is 0. The van der Waals surface area contributed by atoms with E-state index in [2.05, 4.69) is 5.32 Å². The summed E-state index contributed by atoms with van der Waals surface area (Å²) in [5.41, 5.74) is 1.93. The van der Waals surface area contributed by atoms with E-state index in [0.29, 0.717) is 5.75 Å². The SMILES string of the molecule is Cc1ccc(Oc2cccc(NC(=O)C(C)C)c2)cc1. The van der Waals surface area contributed by atoms with Gasteiger partial charge in [-0.05, 0) is 31.2 Å². The molecule has 0 unspecified atom stereocenters. The van der Waals surface area contributed by atoms with E-state index in [1.807, 2.05) is 69.3 Å². The second kappa shape index (κ2) is 6.24. The lowest BCUT2D eigenvalue weighted by Crippen LogP contribution is -2.17. The lowest BCUT2D eigenvalue weighted by molar-refractivity contribution is -0.118. The average molecular weight is 269 g/mol. The number of aryl methyl sites for hydroxylation is 1. The molecule has 0 saturated heterocycles. The van der Waals surface area contributed by atoms with Crippen LogP contribution >= 0.6 is 0 Å². The Hall–Kier alpha value is -2.29. The molecule has 20 heavy (non-hydrogen) atoms. The lowest BCUT2D eigenvalue weighted by Gasteiger charge is -2.10. The van der Waals surface area contributed by atoms with Crippen LogP contribution < -0.4 is 10.1 Å². The number of nitrogens with one attached hydrogen (secondary N) is 1. The molecule has 0 bridgehead atoms. The Morgan fingerprint density at radius 1 is 1.05 bits per heavy atom. The highest BCUT2D eigenvalue weighted by Crippen LogP contribution is 2.24. The first kappa shape index (κ1) is 14.1. The lowest BCUT2D eigenvalue weighted by atomic mass is 10.2. The van der Waals surface area contributed by atoms with Gasteiger partial charge in [-0.2, -0.15) is 0 Å². The molecule has 0 spiro atoms. The molecule has 3 heteroatoms. The molecule has 1 N–H and O–H groups in total. The topological polar surface area (TPSA) is 38.3 Å². The van der Waals surface area contributed by atoms with Gasteiger partial charge >= 0.3 is 0 Å². The third-order valence-electron chi connectivity index (χ3n) is 2.88.